The fourth-order valence-corrected chi connectivity index (χ4v) is 6.06. The van der Waals surface area contributed by atoms with Crippen molar-refractivity contribution in [2.24, 2.45) is 5.92 Å². The Morgan fingerprint density at radius 1 is 1.00 bits per heavy atom. The Morgan fingerprint density at radius 3 is 2.22 bits per heavy atom. The fraction of sp³-hybridized carbons (Fsp3) is 0.500. The number of likely N-dealkylation sites (tertiary alicyclic amines) is 1. The summed E-state index contributed by atoms with van der Waals surface area (Å²) >= 11 is 5.83. The summed E-state index contributed by atoms with van der Waals surface area (Å²) in [6, 6.07) is 8.07. The third-order valence-electron chi connectivity index (χ3n) is 6.87. The minimum Gasteiger partial charge on any atom is -0.493 e. The molecule has 0 bridgehead atoms. The van der Waals surface area contributed by atoms with Crippen molar-refractivity contribution in [2.45, 2.75) is 61.8 Å². The maximum atomic E-state index is 15.6. The van der Waals surface area contributed by atoms with Crippen LogP contribution in [-0.4, -0.2) is 45.0 Å². The zero-order chi connectivity index (χ0) is 25.8. The lowest BCUT2D eigenvalue weighted by molar-refractivity contribution is -0.143. The lowest BCUT2D eigenvalue weighted by Gasteiger charge is -2.30. The van der Waals surface area contributed by atoms with Gasteiger partial charge in [-0.25, -0.2) is 8.42 Å². The third-order valence-corrected chi connectivity index (χ3v) is 8.56. The van der Waals surface area contributed by atoms with Gasteiger partial charge in [-0.05, 0) is 68.0 Å². The highest BCUT2D eigenvalue weighted by molar-refractivity contribution is 7.89. The summed E-state index contributed by atoms with van der Waals surface area (Å²) in [5.41, 5.74) is -0.501. The first-order valence-corrected chi connectivity index (χ1v) is 14.2. The number of halogens is 3. The maximum Gasteiger partial charge on any atom is 0.298 e. The van der Waals surface area contributed by atoms with Crippen molar-refractivity contribution in [1.29, 1.82) is 0 Å². The Morgan fingerprint density at radius 2 is 1.61 bits per heavy atom. The Kier molecular flexibility index (Phi) is 8.52. The molecule has 2 aromatic rings. The van der Waals surface area contributed by atoms with Gasteiger partial charge in [0, 0.05) is 23.7 Å². The standard InChI is InChI=1S/C26H31ClF2N2O4S/c27-21-10-8-20(9-11-21)26(28,29)24(25(32)31-16-4-5-17-31)30-36(33,34)23-14-12-22(13-15-23)35-18-19-6-2-1-3-7-19/h8-15,19,24,30H,1-7,16-18H2. The van der Waals surface area contributed by atoms with Crippen molar-refractivity contribution in [3.8, 4) is 5.75 Å². The van der Waals surface area contributed by atoms with Crippen LogP contribution in [-0.2, 0) is 20.7 Å². The SMILES string of the molecule is O=C(C(NS(=O)(=O)c1ccc(OCC2CCCCC2)cc1)C(F)(F)c1ccc(Cl)cc1)N1CCCC1. The Balaban J connectivity index is 1.53. The van der Waals surface area contributed by atoms with E-state index in [9.17, 15) is 13.2 Å². The number of amides is 1. The highest BCUT2D eigenvalue weighted by atomic mass is 35.5. The van der Waals surface area contributed by atoms with Crippen LogP contribution in [0.4, 0.5) is 8.78 Å². The van der Waals surface area contributed by atoms with E-state index in [-0.39, 0.29) is 9.92 Å². The molecule has 1 atom stereocenters. The van der Waals surface area contributed by atoms with Crippen molar-refractivity contribution >= 4 is 27.5 Å². The molecule has 0 radical (unpaired) electrons. The number of hydrogen-bond donors (Lipinski definition) is 1. The monoisotopic (exact) mass is 540 g/mol. The summed E-state index contributed by atoms with van der Waals surface area (Å²) in [4.78, 5) is 14.2. The molecule has 0 aromatic heterocycles. The van der Waals surface area contributed by atoms with Gasteiger partial charge in [-0.1, -0.05) is 43.0 Å². The van der Waals surface area contributed by atoms with E-state index in [4.69, 9.17) is 16.3 Å². The molecule has 196 valence electrons. The first kappa shape index (κ1) is 26.8. The molecular weight excluding hydrogens is 510 g/mol. The summed E-state index contributed by atoms with van der Waals surface area (Å²) in [6.07, 6.45) is 7.22. The number of carbonyl (C=O) groups is 1. The zero-order valence-electron chi connectivity index (χ0n) is 20.0. The number of benzene rings is 2. The number of ether oxygens (including phenoxy) is 1. The molecular formula is C26H31ClF2N2O4S. The van der Waals surface area contributed by atoms with Crippen LogP contribution in [0.2, 0.25) is 5.02 Å². The van der Waals surface area contributed by atoms with E-state index in [1.807, 2.05) is 4.72 Å². The molecule has 36 heavy (non-hydrogen) atoms. The zero-order valence-corrected chi connectivity index (χ0v) is 21.5. The van der Waals surface area contributed by atoms with Crippen LogP contribution in [0.15, 0.2) is 53.4 Å². The van der Waals surface area contributed by atoms with Crippen LogP contribution in [0.5, 0.6) is 5.75 Å². The molecule has 6 nitrogen and oxygen atoms in total. The van der Waals surface area contributed by atoms with Crippen molar-refractivity contribution in [1.82, 2.24) is 9.62 Å². The Hall–Kier alpha value is -2.23. The normalized spacial score (nSPS) is 18.2. The predicted octanol–water partition coefficient (Wildman–Crippen LogP) is 5.36. The van der Waals surface area contributed by atoms with Crippen LogP contribution in [0, 0.1) is 5.92 Å². The number of nitrogens with zero attached hydrogens (tertiary/aromatic N) is 1. The molecule has 2 aromatic carbocycles. The van der Waals surface area contributed by atoms with Gasteiger partial charge in [0.2, 0.25) is 15.9 Å². The second kappa shape index (κ2) is 11.4. The van der Waals surface area contributed by atoms with Gasteiger partial charge in [0.1, 0.15) is 5.75 Å². The third kappa shape index (κ3) is 6.36. The van der Waals surface area contributed by atoms with Gasteiger partial charge in [0.25, 0.3) is 5.92 Å². The molecule has 1 saturated heterocycles. The molecule has 4 rings (SSSR count). The van der Waals surface area contributed by atoms with Crippen molar-refractivity contribution < 1.29 is 26.7 Å². The number of hydrogen-bond acceptors (Lipinski definition) is 4. The van der Waals surface area contributed by atoms with E-state index in [1.54, 1.807) is 0 Å². The molecule has 1 aliphatic carbocycles. The first-order chi connectivity index (χ1) is 17.2. The fourth-order valence-electron chi connectivity index (χ4n) is 4.74. The molecule has 1 saturated carbocycles. The number of alkyl halides is 2. The topological polar surface area (TPSA) is 75.7 Å². The van der Waals surface area contributed by atoms with E-state index in [0.717, 1.165) is 25.0 Å². The summed E-state index contributed by atoms with van der Waals surface area (Å²) in [5.74, 6) is -3.77. The molecule has 1 N–H and O–H groups in total. The van der Waals surface area contributed by atoms with Crippen molar-refractivity contribution in [3.05, 3.63) is 59.1 Å². The molecule has 0 spiro atoms. The molecule has 10 heteroatoms. The van der Waals surface area contributed by atoms with E-state index >= 15 is 8.78 Å². The van der Waals surface area contributed by atoms with Crippen LogP contribution < -0.4 is 9.46 Å². The minimum atomic E-state index is -4.44. The van der Waals surface area contributed by atoms with Crippen LogP contribution in [0.1, 0.15) is 50.5 Å². The Labute approximate surface area is 216 Å². The minimum absolute atomic E-state index is 0.223. The van der Waals surface area contributed by atoms with Gasteiger partial charge in [0.05, 0.1) is 11.5 Å². The smallest absolute Gasteiger partial charge is 0.298 e. The molecule has 1 aliphatic heterocycles. The highest BCUT2D eigenvalue weighted by Crippen LogP contribution is 2.35. The highest BCUT2D eigenvalue weighted by Gasteiger charge is 2.49. The second-order valence-corrected chi connectivity index (χ2v) is 11.7. The molecule has 2 aliphatic rings. The van der Waals surface area contributed by atoms with E-state index in [2.05, 4.69) is 0 Å². The van der Waals surface area contributed by atoms with Gasteiger partial charge in [-0.15, -0.1) is 0 Å². The van der Waals surface area contributed by atoms with Gasteiger partial charge >= 0.3 is 0 Å². The quantitative estimate of drug-likeness (QED) is 0.464. The number of rotatable bonds is 9. The predicted molar refractivity (Wildman–Crippen MR) is 134 cm³/mol. The molecule has 1 amide bonds. The lowest BCUT2D eigenvalue weighted by atomic mass is 9.90. The maximum absolute atomic E-state index is 15.6. The second-order valence-electron chi connectivity index (χ2n) is 9.50. The van der Waals surface area contributed by atoms with E-state index in [1.165, 1.54) is 60.6 Å². The average Bonchev–Trinajstić information content (AvgIpc) is 3.42. The van der Waals surface area contributed by atoms with Gasteiger partial charge in [0.15, 0.2) is 6.04 Å². The molecule has 1 heterocycles. The number of nitrogens with one attached hydrogen (secondary N) is 1. The largest absolute Gasteiger partial charge is 0.493 e. The summed E-state index contributed by atoms with van der Waals surface area (Å²) in [6.45, 7) is 1.17. The van der Waals surface area contributed by atoms with Crippen LogP contribution in [0.25, 0.3) is 0 Å². The summed E-state index contributed by atoms with van der Waals surface area (Å²) in [7, 11) is -4.44. The van der Waals surface area contributed by atoms with Crippen LogP contribution >= 0.6 is 11.6 Å². The summed E-state index contributed by atoms with van der Waals surface area (Å²) < 4.78 is 65.3. The van der Waals surface area contributed by atoms with E-state index in [0.29, 0.717) is 44.2 Å². The number of sulfonamides is 1. The molecule has 2 fully saturated rings. The number of carbonyl (C=O) groups excluding carboxylic acids is 1. The van der Waals surface area contributed by atoms with Crippen molar-refractivity contribution in [2.75, 3.05) is 19.7 Å². The molecule has 1 unspecified atom stereocenters. The average molecular weight is 541 g/mol. The van der Waals surface area contributed by atoms with Crippen LogP contribution in [0.3, 0.4) is 0 Å². The van der Waals surface area contributed by atoms with Gasteiger partial charge in [-0.3, -0.25) is 4.79 Å². The lowest BCUT2D eigenvalue weighted by Crippen LogP contribution is -2.55. The Bertz CT molecular complexity index is 1130. The van der Waals surface area contributed by atoms with E-state index < -0.39 is 33.5 Å². The summed E-state index contributed by atoms with van der Waals surface area (Å²) in [5, 5.41) is 0.253. The van der Waals surface area contributed by atoms with Gasteiger partial charge < -0.3 is 9.64 Å². The van der Waals surface area contributed by atoms with Crippen molar-refractivity contribution in [3.63, 3.8) is 0 Å². The first-order valence-electron chi connectivity index (χ1n) is 12.3. The van der Waals surface area contributed by atoms with Gasteiger partial charge in [-0.2, -0.15) is 13.5 Å².